The zero-order valence-corrected chi connectivity index (χ0v) is 21.3. The lowest BCUT2D eigenvalue weighted by atomic mass is 9.87. The standard InChI is InChI=1S/C31H35F2N3O/c32-26-12-10-25(11-13-26)28-9-5-17-36(30-22-27(33)14-15-29(28)30)31(37)23-35-20-18-34(19-21-35)16-4-8-24-6-2-1-3-7-24/h1-3,6-7,10-15,22,28H,4-5,8-9,16-21,23H2. The van der Waals surface area contributed by atoms with E-state index in [1.165, 1.54) is 29.8 Å². The van der Waals surface area contributed by atoms with Crippen molar-refractivity contribution in [2.45, 2.75) is 31.6 Å². The second-order valence-electron chi connectivity index (χ2n) is 10.2. The maximum Gasteiger partial charge on any atom is 0.241 e. The predicted molar refractivity (Wildman–Crippen MR) is 144 cm³/mol. The van der Waals surface area contributed by atoms with Crippen molar-refractivity contribution < 1.29 is 13.6 Å². The number of carbonyl (C=O) groups is 1. The van der Waals surface area contributed by atoms with Gasteiger partial charge in [-0.2, -0.15) is 0 Å². The molecular weight excluding hydrogens is 468 g/mol. The molecule has 3 aromatic carbocycles. The monoisotopic (exact) mass is 503 g/mol. The van der Waals surface area contributed by atoms with Crippen molar-refractivity contribution in [1.29, 1.82) is 0 Å². The normalized spacial score (nSPS) is 18.9. The lowest BCUT2D eigenvalue weighted by Gasteiger charge is -2.35. The van der Waals surface area contributed by atoms with E-state index >= 15 is 0 Å². The molecule has 0 spiro atoms. The van der Waals surface area contributed by atoms with Crippen LogP contribution in [-0.2, 0) is 11.2 Å². The molecule has 3 aromatic rings. The summed E-state index contributed by atoms with van der Waals surface area (Å²) >= 11 is 0. The van der Waals surface area contributed by atoms with Gasteiger partial charge in [0, 0.05) is 38.6 Å². The summed E-state index contributed by atoms with van der Waals surface area (Å²) in [5.74, 6) is -0.595. The Hall–Kier alpha value is -3.09. The number of piperazine rings is 1. The summed E-state index contributed by atoms with van der Waals surface area (Å²) in [6.45, 7) is 5.61. The summed E-state index contributed by atoms with van der Waals surface area (Å²) in [6.07, 6.45) is 3.85. The van der Waals surface area contributed by atoms with Gasteiger partial charge in [0.1, 0.15) is 11.6 Å². The highest BCUT2D eigenvalue weighted by Gasteiger charge is 2.29. The van der Waals surface area contributed by atoms with E-state index in [9.17, 15) is 13.6 Å². The Labute approximate surface area is 218 Å². The van der Waals surface area contributed by atoms with E-state index in [0.717, 1.165) is 69.5 Å². The maximum absolute atomic E-state index is 14.4. The molecule has 2 heterocycles. The first-order valence-corrected chi connectivity index (χ1v) is 13.4. The van der Waals surface area contributed by atoms with Gasteiger partial charge in [-0.25, -0.2) is 8.78 Å². The van der Waals surface area contributed by atoms with E-state index in [2.05, 4.69) is 40.1 Å². The third kappa shape index (κ3) is 6.43. The molecule has 5 rings (SSSR count). The van der Waals surface area contributed by atoms with Crippen LogP contribution >= 0.6 is 0 Å². The van der Waals surface area contributed by atoms with E-state index in [1.807, 2.05) is 0 Å². The van der Waals surface area contributed by atoms with Gasteiger partial charge >= 0.3 is 0 Å². The number of rotatable bonds is 7. The molecule has 0 aliphatic carbocycles. The van der Waals surface area contributed by atoms with Crippen molar-refractivity contribution in [2.24, 2.45) is 0 Å². The van der Waals surface area contributed by atoms with E-state index in [-0.39, 0.29) is 23.5 Å². The summed E-state index contributed by atoms with van der Waals surface area (Å²) in [4.78, 5) is 20.0. The molecule has 2 aliphatic heterocycles. The van der Waals surface area contributed by atoms with Gasteiger partial charge in [0.2, 0.25) is 5.91 Å². The molecule has 0 N–H and O–H groups in total. The van der Waals surface area contributed by atoms with Gasteiger partial charge in [-0.05, 0) is 73.2 Å². The zero-order valence-electron chi connectivity index (χ0n) is 21.3. The van der Waals surface area contributed by atoms with Crippen molar-refractivity contribution in [2.75, 3.05) is 50.7 Å². The van der Waals surface area contributed by atoms with Crippen LogP contribution in [0.3, 0.4) is 0 Å². The van der Waals surface area contributed by atoms with Gasteiger partial charge in [-0.15, -0.1) is 0 Å². The molecule has 1 unspecified atom stereocenters. The van der Waals surface area contributed by atoms with E-state index in [0.29, 0.717) is 18.8 Å². The van der Waals surface area contributed by atoms with Gasteiger partial charge in [0.05, 0.1) is 12.2 Å². The van der Waals surface area contributed by atoms with Crippen LogP contribution in [-0.4, -0.2) is 61.5 Å². The second-order valence-corrected chi connectivity index (χ2v) is 10.2. The predicted octanol–water partition coefficient (Wildman–Crippen LogP) is 5.47. The Morgan fingerprint density at radius 2 is 1.51 bits per heavy atom. The van der Waals surface area contributed by atoms with Crippen LogP contribution in [0.1, 0.15) is 41.9 Å². The Bertz CT molecular complexity index is 1180. The van der Waals surface area contributed by atoms with Crippen LogP contribution in [0.15, 0.2) is 72.8 Å². The largest absolute Gasteiger partial charge is 0.311 e. The van der Waals surface area contributed by atoms with Crippen LogP contribution < -0.4 is 4.90 Å². The first-order valence-electron chi connectivity index (χ1n) is 13.4. The minimum Gasteiger partial charge on any atom is -0.311 e. The molecule has 4 nitrogen and oxygen atoms in total. The van der Waals surface area contributed by atoms with Crippen molar-refractivity contribution >= 4 is 11.6 Å². The average molecular weight is 504 g/mol. The number of aryl methyl sites for hydroxylation is 1. The summed E-state index contributed by atoms with van der Waals surface area (Å²) in [6, 6.07) is 21.8. The number of amides is 1. The SMILES string of the molecule is O=C(CN1CCN(CCCc2ccccc2)CC1)N1CCCC(c2ccc(F)cc2)c2ccc(F)cc21. The number of fused-ring (bicyclic) bond motifs is 1. The first kappa shape index (κ1) is 25.6. The molecule has 0 aromatic heterocycles. The topological polar surface area (TPSA) is 26.8 Å². The van der Waals surface area contributed by atoms with Crippen LogP contribution in [0.5, 0.6) is 0 Å². The van der Waals surface area contributed by atoms with Crippen molar-refractivity contribution in [3.05, 3.63) is 101 Å². The average Bonchev–Trinajstić information content (AvgIpc) is 3.10. The number of hydrogen-bond acceptors (Lipinski definition) is 3. The number of carbonyl (C=O) groups excluding carboxylic acids is 1. The Balaban J connectivity index is 1.19. The lowest BCUT2D eigenvalue weighted by molar-refractivity contribution is -0.120. The smallest absolute Gasteiger partial charge is 0.241 e. The highest BCUT2D eigenvalue weighted by Crippen LogP contribution is 2.39. The molecule has 1 fully saturated rings. The number of anilines is 1. The number of nitrogens with zero attached hydrogens (tertiary/aromatic N) is 3. The third-order valence-corrected chi connectivity index (χ3v) is 7.71. The summed E-state index contributed by atoms with van der Waals surface area (Å²) in [7, 11) is 0. The molecule has 37 heavy (non-hydrogen) atoms. The van der Waals surface area contributed by atoms with Crippen LogP contribution in [0, 0.1) is 11.6 Å². The van der Waals surface area contributed by atoms with Crippen molar-refractivity contribution in [3.63, 3.8) is 0 Å². The number of halogens is 2. The fourth-order valence-corrected chi connectivity index (χ4v) is 5.67. The van der Waals surface area contributed by atoms with E-state index < -0.39 is 0 Å². The molecule has 0 saturated carbocycles. The summed E-state index contributed by atoms with van der Waals surface area (Å²) < 4.78 is 27.9. The lowest BCUT2D eigenvalue weighted by Crippen LogP contribution is -2.50. The van der Waals surface area contributed by atoms with Gasteiger partial charge in [-0.3, -0.25) is 9.69 Å². The molecule has 0 bridgehead atoms. The third-order valence-electron chi connectivity index (χ3n) is 7.71. The summed E-state index contributed by atoms with van der Waals surface area (Å²) in [5.41, 5.74) is 3.95. The highest BCUT2D eigenvalue weighted by atomic mass is 19.1. The molecule has 0 radical (unpaired) electrons. The minimum atomic E-state index is -0.347. The molecule has 1 amide bonds. The number of hydrogen-bond donors (Lipinski definition) is 0. The van der Waals surface area contributed by atoms with Crippen molar-refractivity contribution in [3.8, 4) is 0 Å². The highest BCUT2D eigenvalue weighted by molar-refractivity contribution is 5.96. The van der Waals surface area contributed by atoms with E-state index in [4.69, 9.17) is 0 Å². The van der Waals surface area contributed by atoms with Gasteiger partial charge in [0.25, 0.3) is 0 Å². The molecule has 194 valence electrons. The van der Waals surface area contributed by atoms with Crippen LogP contribution in [0.4, 0.5) is 14.5 Å². The summed E-state index contributed by atoms with van der Waals surface area (Å²) in [5, 5.41) is 0. The number of benzene rings is 3. The first-order chi connectivity index (χ1) is 18.1. The molecular formula is C31H35F2N3O. The fourth-order valence-electron chi connectivity index (χ4n) is 5.67. The molecule has 1 saturated heterocycles. The Morgan fingerprint density at radius 3 is 2.27 bits per heavy atom. The molecule has 2 aliphatic rings. The Morgan fingerprint density at radius 1 is 0.811 bits per heavy atom. The van der Waals surface area contributed by atoms with Crippen molar-refractivity contribution in [1.82, 2.24) is 9.80 Å². The second kappa shape index (κ2) is 12.0. The maximum atomic E-state index is 14.4. The van der Waals surface area contributed by atoms with Gasteiger partial charge in [0.15, 0.2) is 0 Å². The molecule has 6 heteroatoms. The minimum absolute atomic E-state index is 0.00781. The van der Waals surface area contributed by atoms with Gasteiger partial charge in [-0.1, -0.05) is 48.5 Å². The quantitative estimate of drug-likeness (QED) is 0.428. The van der Waals surface area contributed by atoms with E-state index in [1.54, 1.807) is 23.1 Å². The van der Waals surface area contributed by atoms with Crippen LogP contribution in [0.2, 0.25) is 0 Å². The molecule has 1 atom stereocenters. The zero-order chi connectivity index (χ0) is 25.6. The Kier molecular flexibility index (Phi) is 8.27. The van der Waals surface area contributed by atoms with Crippen LogP contribution in [0.25, 0.3) is 0 Å². The fraction of sp³-hybridized carbons (Fsp3) is 0.387. The van der Waals surface area contributed by atoms with Gasteiger partial charge < -0.3 is 9.80 Å².